The Balaban J connectivity index is 1.45. The fourth-order valence-electron chi connectivity index (χ4n) is 15.5. The summed E-state index contributed by atoms with van der Waals surface area (Å²) in [5.74, 6) is 0.833. The zero-order valence-corrected chi connectivity index (χ0v) is 70.1. The molecule has 548 valence electrons. The van der Waals surface area contributed by atoms with E-state index in [0.717, 1.165) is 47.2 Å². The van der Waals surface area contributed by atoms with Gasteiger partial charge in [0.05, 0.1) is 30.4 Å². The quantitative estimate of drug-likeness (QED) is 0.0356. The Morgan fingerprint density at radius 1 is 0.289 bits per heavy atom. The maximum atomic E-state index is 18.3. The van der Waals surface area contributed by atoms with Gasteiger partial charge in [-0.3, -0.25) is 0 Å². The number of hydrogen-bond donors (Lipinski definition) is 0. The molecule has 0 bridgehead atoms. The lowest BCUT2D eigenvalue weighted by Crippen LogP contribution is -2.06. The van der Waals surface area contributed by atoms with Crippen molar-refractivity contribution in [3.05, 3.63) is 65.7 Å². The maximum Gasteiger partial charge on any atom is 0.170 e. The summed E-state index contributed by atoms with van der Waals surface area (Å²) in [7, 11) is 0. The Morgan fingerprint density at radius 2 is 0.505 bits per heavy atom. The Hall–Kier alpha value is -1.34. The summed E-state index contributed by atoms with van der Waals surface area (Å²) >= 11 is 16.5. The molecule has 6 aromatic rings. The van der Waals surface area contributed by atoms with Crippen molar-refractivity contribution in [2.45, 2.75) is 389 Å². The van der Waals surface area contributed by atoms with Crippen LogP contribution < -0.4 is 0 Å². The second kappa shape index (κ2) is 51.0. The summed E-state index contributed by atoms with van der Waals surface area (Å²) in [6.45, 7) is 18.5. The fourth-order valence-corrected chi connectivity index (χ4v) is 22.2. The maximum absolute atomic E-state index is 18.3. The Kier molecular flexibility index (Phi) is 44.4. The highest BCUT2D eigenvalue weighted by Gasteiger charge is 2.31. The van der Waals surface area contributed by atoms with Gasteiger partial charge in [0, 0.05) is 29.3 Å². The predicted molar refractivity (Wildman–Crippen MR) is 442 cm³/mol. The first kappa shape index (κ1) is 84.6. The standard InChI is InChI=1S/C86H136Br2F2N2S5/c1-9-17-25-33-37-45-53-65(49-41-29-21-13-5)57-69-61-73(93-83(69)75-63-71(85(87)95-75)59-67(51-43-31-23-15-7)55-47-39-35-27-19-11-3)77-79(89)80(90)78(82-81(77)91-97-92-82)74-62-70(58-66(50-42-30-22-14-6)54-46-38-34-26-18-10-2)84(94-74)76-64-72(86(88)96-76)60-68(52-44-32-24-16-8)56-48-40-36-28-20-12-4/h61-68H,9-60H2,1-8H3. The van der Waals surface area contributed by atoms with Crippen LogP contribution in [0.3, 0.4) is 0 Å². The molecule has 0 aliphatic rings. The third-order valence-corrected chi connectivity index (χ3v) is 28.6. The number of thiophene rings is 4. The lowest BCUT2D eigenvalue weighted by molar-refractivity contribution is 0.402. The average molecular weight is 1560 g/mol. The number of rotatable bonds is 60. The van der Waals surface area contributed by atoms with Gasteiger partial charge in [0.1, 0.15) is 11.0 Å². The summed E-state index contributed by atoms with van der Waals surface area (Å²) in [5, 5.41) is 0. The second-order valence-electron chi connectivity index (χ2n) is 30.0. The Morgan fingerprint density at radius 3 is 0.763 bits per heavy atom. The summed E-state index contributed by atoms with van der Waals surface area (Å²) < 4.78 is 49.0. The van der Waals surface area contributed by atoms with Gasteiger partial charge in [0.25, 0.3) is 0 Å². The van der Waals surface area contributed by atoms with Crippen LogP contribution in [0.25, 0.3) is 51.4 Å². The van der Waals surface area contributed by atoms with Gasteiger partial charge in [-0.2, -0.15) is 8.75 Å². The van der Waals surface area contributed by atoms with E-state index in [9.17, 15) is 0 Å². The fraction of sp³-hybridized carbons (Fsp3) is 0.744. The molecule has 5 aromatic heterocycles. The number of hydrogen-bond acceptors (Lipinski definition) is 7. The highest BCUT2D eigenvalue weighted by atomic mass is 79.9. The molecule has 6 rings (SSSR count). The van der Waals surface area contributed by atoms with Crippen molar-refractivity contribution in [1.29, 1.82) is 0 Å². The molecule has 11 heteroatoms. The first-order chi connectivity index (χ1) is 47.5. The number of fused-ring (bicyclic) bond motifs is 1. The number of unbranched alkanes of at least 4 members (excludes halogenated alkanes) is 32. The summed E-state index contributed by atoms with van der Waals surface area (Å²) in [4.78, 5) is 6.54. The first-order valence-electron chi connectivity index (χ1n) is 41.0. The van der Waals surface area contributed by atoms with Gasteiger partial charge >= 0.3 is 0 Å². The molecule has 0 radical (unpaired) electrons. The molecule has 4 atom stereocenters. The van der Waals surface area contributed by atoms with Gasteiger partial charge in [-0.15, -0.1) is 45.3 Å². The SMILES string of the molecule is CCCCCCCCC(CCCCCC)Cc1cc(-c2sc(-c3c(F)c(F)c(-c4cc(CC(CCCCCC)CCCCCCCC)c(-c5cc(CC(CCCCCC)CCCCCCCC)c(Br)s5)s4)c4nsnc34)cc2CC(CCCCCC)CCCCCCCC)sc1Br. The molecule has 0 aliphatic heterocycles. The Bertz CT molecular complexity index is 2790. The molecular weight excluding hydrogens is 1420 g/mol. The third-order valence-electron chi connectivity index (χ3n) is 21.4. The van der Waals surface area contributed by atoms with E-state index in [2.05, 4.69) is 112 Å². The molecule has 97 heavy (non-hydrogen) atoms. The van der Waals surface area contributed by atoms with Gasteiger partial charge < -0.3 is 0 Å². The zero-order chi connectivity index (χ0) is 69.2. The minimum absolute atomic E-state index is 0.292. The molecule has 1 aromatic carbocycles. The molecule has 2 nitrogen and oxygen atoms in total. The highest BCUT2D eigenvalue weighted by molar-refractivity contribution is 9.11. The number of halogens is 4. The summed E-state index contributed by atoms with van der Waals surface area (Å²) in [5.41, 5.74) is 7.00. The van der Waals surface area contributed by atoms with E-state index in [0.29, 0.717) is 45.8 Å². The van der Waals surface area contributed by atoms with Crippen molar-refractivity contribution in [2.75, 3.05) is 0 Å². The molecule has 0 saturated heterocycles. The first-order valence-corrected chi connectivity index (χ1v) is 46.6. The van der Waals surface area contributed by atoms with Crippen LogP contribution in [0, 0.1) is 35.3 Å². The molecule has 4 unspecified atom stereocenters. The lowest BCUT2D eigenvalue weighted by Gasteiger charge is -2.18. The van der Waals surface area contributed by atoms with E-state index in [4.69, 9.17) is 8.75 Å². The average Bonchev–Trinajstić information content (AvgIpc) is 1.62. The molecular formula is C86H136Br2F2N2S5. The molecule has 0 fully saturated rings. The van der Waals surface area contributed by atoms with Gasteiger partial charge in [0.15, 0.2) is 11.6 Å². The van der Waals surface area contributed by atoms with Crippen LogP contribution in [0.4, 0.5) is 8.78 Å². The van der Waals surface area contributed by atoms with Gasteiger partial charge in [-0.1, -0.05) is 364 Å². The number of aromatic nitrogens is 2. The highest BCUT2D eigenvalue weighted by Crippen LogP contribution is 2.52. The van der Waals surface area contributed by atoms with Crippen LogP contribution in [0.15, 0.2) is 31.8 Å². The van der Waals surface area contributed by atoms with Crippen molar-refractivity contribution < 1.29 is 8.78 Å². The second-order valence-corrected chi connectivity index (χ2v) is 37.4. The van der Waals surface area contributed by atoms with Crippen LogP contribution >= 0.6 is 88.9 Å². The van der Waals surface area contributed by atoms with E-state index >= 15 is 8.78 Å². The van der Waals surface area contributed by atoms with Crippen LogP contribution in [-0.2, 0) is 25.7 Å². The van der Waals surface area contributed by atoms with E-state index in [1.54, 1.807) is 22.7 Å². The van der Waals surface area contributed by atoms with E-state index in [1.807, 2.05) is 22.7 Å². The predicted octanol–water partition coefficient (Wildman–Crippen LogP) is 33.9. The van der Waals surface area contributed by atoms with Gasteiger partial charge in [-0.05, 0) is 128 Å². The summed E-state index contributed by atoms with van der Waals surface area (Å²) in [6.07, 6.45) is 66.1. The van der Waals surface area contributed by atoms with Crippen molar-refractivity contribution in [1.82, 2.24) is 8.75 Å². The molecule has 0 saturated carbocycles. The van der Waals surface area contributed by atoms with Crippen LogP contribution in [-0.4, -0.2) is 8.75 Å². The third kappa shape index (κ3) is 30.0. The molecule has 0 spiro atoms. The van der Waals surface area contributed by atoms with Crippen molar-refractivity contribution in [3.8, 4) is 40.4 Å². The van der Waals surface area contributed by atoms with E-state index in [1.165, 1.54) is 358 Å². The molecule has 0 N–H and O–H groups in total. The van der Waals surface area contributed by atoms with Crippen molar-refractivity contribution in [2.24, 2.45) is 23.7 Å². The van der Waals surface area contributed by atoms with Crippen molar-refractivity contribution >= 4 is 100.0 Å². The topological polar surface area (TPSA) is 25.8 Å². The minimum Gasteiger partial charge on any atom is -0.203 e. The number of nitrogens with zero attached hydrogens (tertiary/aromatic N) is 2. The van der Waals surface area contributed by atoms with Crippen LogP contribution in [0.1, 0.15) is 386 Å². The monoisotopic (exact) mass is 1550 g/mol. The smallest absolute Gasteiger partial charge is 0.170 e. The molecule has 0 amide bonds. The number of benzene rings is 1. The lowest BCUT2D eigenvalue weighted by atomic mass is 9.88. The van der Waals surface area contributed by atoms with Crippen LogP contribution in [0.2, 0.25) is 0 Å². The van der Waals surface area contributed by atoms with E-state index in [-0.39, 0.29) is 0 Å². The van der Waals surface area contributed by atoms with Gasteiger partial charge in [0.2, 0.25) is 0 Å². The largest absolute Gasteiger partial charge is 0.203 e. The Labute approximate surface area is 631 Å². The summed E-state index contributed by atoms with van der Waals surface area (Å²) in [6, 6.07) is 9.54. The van der Waals surface area contributed by atoms with Crippen molar-refractivity contribution in [3.63, 3.8) is 0 Å². The van der Waals surface area contributed by atoms with Crippen LogP contribution in [0.5, 0.6) is 0 Å². The molecule has 5 heterocycles. The minimum atomic E-state index is -0.781. The normalized spacial score (nSPS) is 13.3. The zero-order valence-electron chi connectivity index (χ0n) is 62.8. The van der Waals surface area contributed by atoms with Gasteiger partial charge in [-0.25, -0.2) is 8.78 Å². The van der Waals surface area contributed by atoms with E-state index < -0.39 is 11.6 Å². The molecule has 0 aliphatic carbocycles.